The van der Waals surface area contributed by atoms with E-state index in [0.29, 0.717) is 58.1 Å². The molecule has 0 spiro atoms. The topological polar surface area (TPSA) is 301 Å². The first kappa shape index (κ1) is 51.4. The minimum atomic E-state index is -1.11. The zero-order valence-electron chi connectivity index (χ0n) is 34.4. The van der Waals surface area contributed by atoms with Crippen molar-refractivity contribution in [2.45, 2.75) is 167 Å². The van der Waals surface area contributed by atoms with Gasteiger partial charge in [0.15, 0.2) is 11.9 Å². The van der Waals surface area contributed by atoms with Crippen molar-refractivity contribution < 1.29 is 33.5 Å². The molecule has 5 amide bonds. The van der Waals surface area contributed by atoms with Crippen LogP contribution < -0.4 is 49.5 Å². The summed E-state index contributed by atoms with van der Waals surface area (Å²) in [5.41, 5.74) is 21.8. The quantitative estimate of drug-likeness (QED) is 0.0197. The molecule has 0 aromatic rings. The fourth-order valence-electron chi connectivity index (χ4n) is 5.64. The molecule has 0 fully saturated rings. The number of ether oxygens (including phenoxy) is 1. The van der Waals surface area contributed by atoms with Crippen LogP contribution in [-0.2, 0) is 33.5 Å². The molecule has 4 atom stereocenters. The predicted molar refractivity (Wildman–Crippen MR) is 219 cm³/mol. The lowest BCUT2D eigenvalue weighted by atomic mass is 10.1. The fourth-order valence-corrected chi connectivity index (χ4v) is 5.64. The Morgan fingerprint density at radius 2 is 1.00 bits per heavy atom. The lowest BCUT2D eigenvalue weighted by Crippen LogP contribution is -2.57. The molecule has 0 aliphatic heterocycles. The van der Waals surface area contributed by atoms with E-state index in [9.17, 15) is 28.8 Å². The normalized spacial score (nSPS) is 12.9. The van der Waals surface area contributed by atoms with Crippen molar-refractivity contribution in [3.05, 3.63) is 0 Å². The molecule has 56 heavy (non-hydrogen) atoms. The second-order valence-electron chi connectivity index (χ2n) is 14.0. The Morgan fingerprint density at radius 3 is 1.54 bits per heavy atom. The average Bonchev–Trinajstić information content (AvgIpc) is 3.14. The summed E-state index contributed by atoms with van der Waals surface area (Å²) in [6.07, 6.45) is 13.5. The van der Waals surface area contributed by atoms with Gasteiger partial charge >= 0.3 is 5.97 Å². The number of nitrogens with two attached hydrogens (primary N) is 4. The summed E-state index contributed by atoms with van der Waals surface area (Å²) >= 11 is 0. The van der Waals surface area contributed by atoms with Crippen molar-refractivity contribution in [3.63, 3.8) is 0 Å². The Bertz CT molecular complexity index is 1220. The molecule has 0 rings (SSSR count). The van der Waals surface area contributed by atoms with Gasteiger partial charge in [-0.15, -0.1) is 0 Å². The highest BCUT2D eigenvalue weighted by atomic mass is 16.5. The molecule has 0 radical (unpaired) electrons. The van der Waals surface area contributed by atoms with Gasteiger partial charge in [-0.3, -0.25) is 38.8 Å². The molecule has 18 heteroatoms. The second-order valence-corrected chi connectivity index (χ2v) is 14.0. The molecule has 13 N–H and O–H groups in total. The van der Waals surface area contributed by atoms with E-state index < -0.39 is 47.8 Å². The lowest BCUT2D eigenvalue weighted by molar-refractivity contribution is -0.143. The lowest BCUT2D eigenvalue weighted by Gasteiger charge is -2.25. The highest BCUT2D eigenvalue weighted by Gasteiger charge is 2.29. The highest BCUT2D eigenvalue weighted by molar-refractivity contribution is 5.95. The Kier molecular flexibility index (Phi) is 29.9. The molecule has 18 nitrogen and oxygen atoms in total. The van der Waals surface area contributed by atoms with Crippen LogP contribution in [0.15, 0.2) is 9.98 Å². The van der Waals surface area contributed by atoms with Crippen molar-refractivity contribution in [2.75, 3.05) is 26.2 Å². The molecule has 0 aromatic carbocycles. The number of hydrogen-bond acceptors (Lipinski definition) is 9. The van der Waals surface area contributed by atoms with Crippen LogP contribution in [0.5, 0.6) is 0 Å². The number of esters is 1. The summed E-state index contributed by atoms with van der Waals surface area (Å²) in [5, 5.41) is 13.5. The van der Waals surface area contributed by atoms with Crippen LogP contribution in [0.2, 0.25) is 0 Å². The first-order valence-electron chi connectivity index (χ1n) is 20.5. The summed E-state index contributed by atoms with van der Waals surface area (Å²) in [6.45, 7) is 8.04. The van der Waals surface area contributed by atoms with Gasteiger partial charge < -0.3 is 54.3 Å². The maximum absolute atomic E-state index is 13.7. The molecule has 0 aromatic heterocycles. The zero-order chi connectivity index (χ0) is 42.1. The molecular weight excluding hydrogens is 722 g/mol. The number of rotatable bonds is 33. The van der Waals surface area contributed by atoms with E-state index in [-0.39, 0.29) is 49.7 Å². The third kappa shape index (κ3) is 27.9. The van der Waals surface area contributed by atoms with Gasteiger partial charge in [-0.2, -0.15) is 0 Å². The van der Waals surface area contributed by atoms with E-state index in [2.05, 4.69) is 43.5 Å². The fraction of sp³-hybridized carbons (Fsp3) is 0.789. The predicted octanol–water partition coefficient (Wildman–Crippen LogP) is 1.23. The first-order chi connectivity index (χ1) is 26.7. The van der Waals surface area contributed by atoms with Crippen molar-refractivity contribution in [1.29, 1.82) is 0 Å². The van der Waals surface area contributed by atoms with Crippen LogP contribution in [0.25, 0.3) is 0 Å². The number of amides is 5. The third-order valence-corrected chi connectivity index (χ3v) is 8.85. The number of unbranched alkanes of at least 4 members (excludes halogenated alkanes) is 10. The van der Waals surface area contributed by atoms with Crippen LogP contribution in [-0.4, -0.2) is 97.8 Å². The van der Waals surface area contributed by atoms with E-state index in [0.717, 1.165) is 25.7 Å². The first-order valence-corrected chi connectivity index (χ1v) is 20.5. The SMILES string of the molecule is CCCCCCCCCCCC(=O)N[C@@H](C)C(=O)N[C@@H](CCCN=C(N)N)C(=O)N[C@@H](CCCN=C(N)N)C(=O)N[C@@H](C)C(=O)NCCCCCC(=O)OCC. The standard InChI is InChI=1S/C38H73N11O7/c1-5-7-8-9-10-11-12-13-15-22-31(50)46-28(4)34(53)48-30(21-19-26-45-38(41)42)36(55)49-29(20-18-25-44-37(39)40)35(54)47-27(3)33(52)43-24-17-14-16-23-32(51)56-6-2/h27-30H,5-26H2,1-4H3,(H,43,52)(H,46,50)(H,47,54)(H,48,53)(H,49,55)(H4,39,40,44)(H4,41,42,45)/t27-,28-,29-,30-/m0/s1. The highest BCUT2D eigenvalue weighted by Crippen LogP contribution is 2.11. The molecular formula is C38H73N11O7. The monoisotopic (exact) mass is 796 g/mol. The van der Waals surface area contributed by atoms with Gasteiger partial charge in [0.05, 0.1) is 6.61 Å². The van der Waals surface area contributed by atoms with Crippen molar-refractivity contribution in [1.82, 2.24) is 26.6 Å². The molecule has 0 saturated heterocycles. The van der Waals surface area contributed by atoms with Crippen LogP contribution in [0.1, 0.15) is 143 Å². The van der Waals surface area contributed by atoms with E-state index in [1.165, 1.54) is 46.0 Å². The Balaban J connectivity index is 5.41. The van der Waals surface area contributed by atoms with E-state index >= 15 is 0 Å². The van der Waals surface area contributed by atoms with Gasteiger partial charge in [-0.1, -0.05) is 64.7 Å². The van der Waals surface area contributed by atoms with E-state index in [1.807, 2.05) is 0 Å². The van der Waals surface area contributed by atoms with Gasteiger partial charge in [-0.05, 0) is 65.7 Å². The number of hydrogen-bond donors (Lipinski definition) is 9. The molecule has 0 heterocycles. The molecule has 0 saturated carbocycles. The summed E-state index contributed by atoms with van der Waals surface area (Å²) in [7, 11) is 0. The maximum atomic E-state index is 13.7. The minimum Gasteiger partial charge on any atom is -0.466 e. The summed E-state index contributed by atoms with van der Waals surface area (Å²) in [5.74, 6) is -3.04. The number of aliphatic imine (C=N–C) groups is 2. The number of guanidine groups is 2. The van der Waals surface area contributed by atoms with Gasteiger partial charge in [-0.25, -0.2) is 0 Å². The molecule has 0 aliphatic carbocycles. The largest absolute Gasteiger partial charge is 0.466 e. The second kappa shape index (κ2) is 32.6. The van der Waals surface area contributed by atoms with Gasteiger partial charge in [0.25, 0.3) is 0 Å². The van der Waals surface area contributed by atoms with Crippen LogP contribution in [0, 0.1) is 0 Å². The van der Waals surface area contributed by atoms with Gasteiger partial charge in [0.2, 0.25) is 29.5 Å². The van der Waals surface area contributed by atoms with Crippen LogP contribution >= 0.6 is 0 Å². The third-order valence-electron chi connectivity index (χ3n) is 8.85. The summed E-state index contributed by atoms with van der Waals surface area (Å²) in [4.78, 5) is 85.1. The van der Waals surface area contributed by atoms with Gasteiger partial charge in [0.1, 0.15) is 24.2 Å². The Hall–Kier alpha value is -4.64. The number of carbonyl (C=O) groups excluding carboxylic acids is 6. The van der Waals surface area contributed by atoms with Crippen LogP contribution in [0.3, 0.4) is 0 Å². The van der Waals surface area contributed by atoms with Gasteiger partial charge in [0, 0.05) is 32.5 Å². The molecule has 0 aliphatic rings. The van der Waals surface area contributed by atoms with E-state index in [4.69, 9.17) is 27.7 Å². The Morgan fingerprint density at radius 1 is 0.536 bits per heavy atom. The van der Waals surface area contributed by atoms with Crippen LogP contribution in [0.4, 0.5) is 0 Å². The number of nitrogens with zero attached hydrogens (tertiary/aromatic N) is 2. The van der Waals surface area contributed by atoms with Crippen molar-refractivity contribution >= 4 is 47.4 Å². The summed E-state index contributed by atoms with van der Waals surface area (Å²) in [6, 6.07) is -4.08. The zero-order valence-corrected chi connectivity index (χ0v) is 34.4. The maximum Gasteiger partial charge on any atom is 0.305 e. The molecule has 0 bridgehead atoms. The molecule has 322 valence electrons. The number of carbonyl (C=O) groups is 6. The Labute approximate surface area is 333 Å². The smallest absolute Gasteiger partial charge is 0.305 e. The van der Waals surface area contributed by atoms with Crippen molar-refractivity contribution in [3.8, 4) is 0 Å². The molecule has 0 unspecified atom stereocenters. The summed E-state index contributed by atoms with van der Waals surface area (Å²) < 4.78 is 4.91. The number of nitrogens with one attached hydrogen (secondary N) is 5. The minimum absolute atomic E-state index is 0.114. The van der Waals surface area contributed by atoms with Crippen molar-refractivity contribution in [2.24, 2.45) is 32.9 Å². The average molecular weight is 796 g/mol. The van der Waals surface area contributed by atoms with E-state index in [1.54, 1.807) is 6.92 Å².